The van der Waals surface area contributed by atoms with E-state index < -0.39 is 0 Å². The van der Waals surface area contributed by atoms with Gasteiger partial charge in [-0.2, -0.15) is 0 Å². The van der Waals surface area contributed by atoms with Crippen LogP contribution in [0, 0.1) is 11.8 Å². The van der Waals surface area contributed by atoms with E-state index in [4.69, 9.17) is 9.47 Å². The Labute approximate surface area is 183 Å². The Morgan fingerprint density at radius 1 is 1.19 bits per heavy atom. The lowest BCUT2D eigenvalue weighted by atomic mass is 10.0. The standard InChI is InChI=1S/C23H33N3O5/c1-14-11-26(22(28)17-6-7-17)15(2)13-31-20-10-18(24-16(3)27)8-9-19(20)23(29)25(4)12-21(14)30-5/h8-10,14-15,17,21H,6-7,11-13H2,1-5H3,(H,24,27)/t14-,15-,21+/m0/s1. The molecular formula is C23H33N3O5. The molecule has 1 aliphatic carbocycles. The molecular weight excluding hydrogens is 398 g/mol. The maximum Gasteiger partial charge on any atom is 0.257 e. The third-order valence-electron chi connectivity index (χ3n) is 5.98. The summed E-state index contributed by atoms with van der Waals surface area (Å²) >= 11 is 0. The number of nitrogens with zero attached hydrogens (tertiary/aromatic N) is 2. The smallest absolute Gasteiger partial charge is 0.257 e. The normalized spacial score (nSPS) is 25.1. The van der Waals surface area contributed by atoms with Gasteiger partial charge in [-0.3, -0.25) is 14.4 Å². The highest BCUT2D eigenvalue weighted by atomic mass is 16.5. The second-order valence-corrected chi connectivity index (χ2v) is 8.75. The summed E-state index contributed by atoms with van der Waals surface area (Å²) in [5.74, 6) is 0.307. The Balaban J connectivity index is 1.95. The Hall–Kier alpha value is -2.61. The number of carbonyl (C=O) groups is 3. The van der Waals surface area contributed by atoms with Gasteiger partial charge >= 0.3 is 0 Å². The van der Waals surface area contributed by atoms with Crippen LogP contribution in [-0.2, 0) is 14.3 Å². The topological polar surface area (TPSA) is 88.2 Å². The van der Waals surface area contributed by atoms with Crippen LogP contribution in [0.4, 0.5) is 5.69 Å². The molecule has 3 atom stereocenters. The third kappa shape index (κ3) is 5.55. The van der Waals surface area contributed by atoms with E-state index >= 15 is 0 Å². The number of ether oxygens (including phenoxy) is 2. The zero-order chi connectivity index (χ0) is 22.7. The van der Waals surface area contributed by atoms with Crippen LogP contribution >= 0.6 is 0 Å². The van der Waals surface area contributed by atoms with Crippen LogP contribution in [-0.4, -0.2) is 73.5 Å². The van der Waals surface area contributed by atoms with Crippen LogP contribution in [0.1, 0.15) is 44.0 Å². The Bertz CT molecular complexity index is 839. The van der Waals surface area contributed by atoms with E-state index in [1.54, 1.807) is 37.3 Å². The summed E-state index contributed by atoms with van der Waals surface area (Å²) < 4.78 is 11.8. The minimum absolute atomic E-state index is 0.0476. The molecule has 0 bridgehead atoms. The van der Waals surface area contributed by atoms with Gasteiger partial charge in [-0.15, -0.1) is 0 Å². The summed E-state index contributed by atoms with van der Waals surface area (Å²) in [7, 11) is 3.37. The monoisotopic (exact) mass is 431 g/mol. The molecule has 8 heteroatoms. The van der Waals surface area contributed by atoms with Crippen LogP contribution in [0.5, 0.6) is 5.75 Å². The molecule has 170 valence electrons. The number of fused-ring (bicyclic) bond motifs is 1. The summed E-state index contributed by atoms with van der Waals surface area (Å²) in [6.07, 6.45) is 1.66. The van der Waals surface area contributed by atoms with Crippen molar-refractivity contribution in [3.8, 4) is 5.75 Å². The van der Waals surface area contributed by atoms with Crippen molar-refractivity contribution in [1.29, 1.82) is 0 Å². The average Bonchev–Trinajstić information content (AvgIpc) is 3.57. The fraction of sp³-hybridized carbons (Fsp3) is 0.609. The fourth-order valence-electron chi connectivity index (χ4n) is 3.92. The number of anilines is 1. The molecule has 3 amide bonds. The van der Waals surface area contributed by atoms with E-state index in [1.807, 2.05) is 18.7 Å². The predicted octanol–water partition coefficient (Wildman–Crippen LogP) is 2.39. The van der Waals surface area contributed by atoms with Crippen LogP contribution in [0.3, 0.4) is 0 Å². The van der Waals surface area contributed by atoms with Crippen molar-refractivity contribution in [1.82, 2.24) is 9.80 Å². The van der Waals surface area contributed by atoms with Gasteiger partial charge in [-0.25, -0.2) is 0 Å². The van der Waals surface area contributed by atoms with Gasteiger partial charge in [0.05, 0.1) is 17.7 Å². The molecule has 1 aliphatic heterocycles. The SMILES string of the molecule is CO[C@@H]1CN(C)C(=O)c2ccc(NC(C)=O)cc2OC[C@H](C)N(C(=O)C2CC2)C[C@@H]1C. The van der Waals surface area contributed by atoms with Crippen molar-refractivity contribution < 1.29 is 23.9 Å². The number of benzene rings is 1. The zero-order valence-corrected chi connectivity index (χ0v) is 19.0. The molecule has 0 saturated heterocycles. The quantitative estimate of drug-likeness (QED) is 0.794. The lowest BCUT2D eigenvalue weighted by Gasteiger charge is -2.36. The van der Waals surface area contributed by atoms with Crippen molar-refractivity contribution in [3.05, 3.63) is 23.8 Å². The number of hydrogen-bond donors (Lipinski definition) is 1. The third-order valence-corrected chi connectivity index (χ3v) is 5.98. The zero-order valence-electron chi connectivity index (χ0n) is 19.0. The van der Waals surface area contributed by atoms with Crippen LogP contribution in [0.15, 0.2) is 18.2 Å². The first-order valence-corrected chi connectivity index (χ1v) is 10.8. The summed E-state index contributed by atoms with van der Waals surface area (Å²) in [5.41, 5.74) is 0.961. The molecule has 1 saturated carbocycles. The number of hydrogen-bond acceptors (Lipinski definition) is 5. The van der Waals surface area contributed by atoms with Crippen LogP contribution < -0.4 is 10.1 Å². The van der Waals surface area contributed by atoms with Gasteiger partial charge in [0.2, 0.25) is 11.8 Å². The summed E-state index contributed by atoms with van der Waals surface area (Å²) in [5, 5.41) is 2.72. The van der Waals surface area contributed by atoms with Gasteiger partial charge in [0, 0.05) is 57.8 Å². The number of likely N-dealkylation sites (N-methyl/N-ethyl adjacent to an activating group) is 1. The molecule has 2 aliphatic rings. The Morgan fingerprint density at radius 3 is 2.52 bits per heavy atom. The minimum atomic E-state index is -0.210. The minimum Gasteiger partial charge on any atom is -0.491 e. The highest BCUT2D eigenvalue weighted by Gasteiger charge is 2.37. The second-order valence-electron chi connectivity index (χ2n) is 8.75. The number of rotatable bonds is 3. The average molecular weight is 432 g/mol. The lowest BCUT2D eigenvalue weighted by molar-refractivity contribution is -0.136. The summed E-state index contributed by atoms with van der Waals surface area (Å²) in [6, 6.07) is 4.83. The van der Waals surface area contributed by atoms with E-state index in [0.29, 0.717) is 30.1 Å². The lowest BCUT2D eigenvalue weighted by Crippen LogP contribution is -2.49. The highest BCUT2D eigenvalue weighted by Crippen LogP contribution is 2.33. The van der Waals surface area contributed by atoms with Crippen molar-refractivity contribution in [3.63, 3.8) is 0 Å². The number of methoxy groups -OCH3 is 1. The van der Waals surface area contributed by atoms with E-state index in [9.17, 15) is 14.4 Å². The maximum atomic E-state index is 13.1. The number of amides is 3. The van der Waals surface area contributed by atoms with Gasteiger partial charge in [0.25, 0.3) is 5.91 Å². The van der Waals surface area contributed by atoms with E-state index in [2.05, 4.69) is 5.32 Å². The van der Waals surface area contributed by atoms with Crippen molar-refractivity contribution in [2.45, 2.75) is 45.8 Å². The molecule has 0 spiro atoms. The summed E-state index contributed by atoms with van der Waals surface area (Å²) in [6.45, 7) is 6.62. The van der Waals surface area contributed by atoms with Gasteiger partial charge in [0.1, 0.15) is 12.4 Å². The molecule has 0 unspecified atom stereocenters. The van der Waals surface area contributed by atoms with Gasteiger partial charge in [0.15, 0.2) is 0 Å². The molecule has 1 aromatic rings. The van der Waals surface area contributed by atoms with Crippen LogP contribution in [0.2, 0.25) is 0 Å². The van der Waals surface area contributed by atoms with E-state index in [-0.39, 0.29) is 48.3 Å². The Morgan fingerprint density at radius 2 is 1.90 bits per heavy atom. The number of nitrogens with one attached hydrogen (secondary N) is 1. The molecule has 1 fully saturated rings. The number of carbonyl (C=O) groups excluding carboxylic acids is 3. The molecule has 3 rings (SSSR count). The summed E-state index contributed by atoms with van der Waals surface area (Å²) in [4.78, 5) is 41.1. The molecule has 1 aromatic carbocycles. The first-order valence-electron chi connectivity index (χ1n) is 10.8. The van der Waals surface area contributed by atoms with Gasteiger partial charge in [-0.1, -0.05) is 6.92 Å². The van der Waals surface area contributed by atoms with Gasteiger partial charge in [-0.05, 0) is 31.9 Å². The van der Waals surface area contributed by atoms with Crippen molar-refractivity contribution in [2.75, 3.05) is 39.2 Å². The molecule has 0 aromatic heterocycles. The first kappa shape index (κ1) is 23.1. The first-order chi connectivity index (χ1) is 14.7. The van der Waals surface area contributed by atoms with E-state index in [1.165, 1.54) is 6.92 Å². The Kier molecular flexibility index (Phi) is 7.20. The highest BCUT2D eigenvalue weighted by molar-refractivity contribution is 5.98. The fourth-order valence-corrected chi connectivity index (χ4v) is 3.92. The second kappa shape index (κ2) is 9.68. The molecule has 0 radical (unpaired) electrons. The van der Waals surface area contributed by atoms with Crippen molar-refractivity contribution in [2.24, 2.45) is 11.8 Å². The molecule has 1 heterocycles. The molecule has 8 nitrogen and oxygen atoms in total. The molecule has 31 heavy (non-hydrogen) atoms. The predicted molar refractivity (Wildman–Crippen MR) is 117 cm³/mol. The largest absolute Gasteiger partial charge is 0.491 e. The molecule has 1 N–H and O–H groups in total. The van der Waals surface area contributed by atoms with Gasteiger partial charge < -0.3 is 24.6 Å². The van der Waals surface area contributed by atoms with Crippen molar-refractivity contribution >= 4 is 23.4 Å². The van der Waals surface area contributed by atoms with Crippen LogP contribution in [0.25, 0.3) is 0 Å². The van der Waals surface area contributed by atoms with E-state index in [0.717, 1.165) is 12.8 Å². The maximum absolute atomic E-state index is 13.1.